The van der Waals surface area contributed by atoms with Gasteiger partial charge in [0.1, 0.15) is 5.82 Å². The first kappa shape index (κ1) is 12.2. The molecule has 0 bridgehead atoms. The molecule has 0 aliphatic rings. The highest BCUT2D eigenvalue weighted by molar-refractivity contribution is 7.17. The molecule has 3 heteroatoms. The fourth-order valence-corrected chi connectivity index (χ4v) is 2.80. The van der Waals surface area contributed by atoms with Crippen LogP contribution >= 0.6 is 11.3 Å². The Morgan fingerprint density at radius 3 is 2.84 bits per heavy atom. The van der Waals surface area contributed by atoms with Gasteiger partial charge in [0.2, 0.25) is 0 Å². The van der Waals surface area contributed by atoms with Crippen molar-refractivity contribution in [2.75, 3.05) is 5.32 Å². The number of thiophene rings is 1. The molecule has 1 nitrogen and oxygen atoms in total. The van der Waals surface area contributed by atoms with Crippen molar-refractivity contribution in [3.05, 3.63) is 64.8 Å². The van der Waals surface area contributed by atoms with Crippen LogP contribution in [0.4, 0.5) is 10.1 Å². The molecule has 0 spiro atoms. The predicted molar refractivity (Wildman–Crippen MR) is 80.3 cm³/mol. The lowest BCUT2D eigenvalue weighted by atomic mass is 10.1. The van der Waals surface area contributed by atoms with Gasteiger partial charge in [0.15, 0.2) is 0 Å². The van der Waals surface area contributed by atoms with Crippen molar-refractivity contribution in [2.45, 2.75) is 13.5 Å². The van der Waals surface area contributed by atoms with Crippen molar-refractivity contribution in [1.82, 2.24) is 0 Å². The number of hydrogen-bond acceptors (Lipinski definition) is 2. The summed E-state index contributed by atoms with van der Waals surface area (Å²) in [5, 5.41) is 6.66. The van der Waals surface area contributed by atoms with Gasteiger partial charge >= 0.3 is 0 Å². The van der Waals surface area contributed by atoms with Crippen LogP contribution in [0.1, 0.15) is 11.1 Å². The molecule has 0 aliphatic heterocycles. The fourth-order valence-electron chi connectivity index (χ4n) is 2.03. The molecule has 2 aromatic carbocycles. The van der Waals surface area contributed by atoms with Crippen LogP contribution in [0, 0.1) is 12.7 Å². The van der Waals surface area contributed by atoms with Crippen molar-refractivity contribution in [1.29, 1.82) is 0 Å². The molecule has 3 rings (SSSR count). The quantitative estimate of drug-likeness (QED) is 0.710. The summed E-state index contributed by atoms with van der Waals surface area (Å²) in [4.78, 5) is 0. The number of benzene rings is 2. The summed E-state index contributed by atoms with van der Waals surface area (Å²) >= 11 is 1.74. The van der Waals surface area contributed by atoms with E-state index in [1.807, 2.05) is 12.1 Å². The van der Waals surface area contributed by atoms with Crippen LogP contribution < -0.4 is 5.32 Å². The molecule has 1 aromatic heterocycles. The maximum atomic E-state index is 13.4. The molecule has 0 saturated heterocycles. The Kier molecular flexibility index (Phi) is 3.22. The van der Waals surface area contributed by atoms with Gasteiger partial charge in [-0.25, -0.2) is 4.39 Å². The minimum Gasteiger partial charge on any atom is -0.381 e. The van der Waals surface area contributed by atoms with Gasteiger partial charge in [0, 0.05) is 16.9 Å². The number of halogens is 1. The van der Waals surface area contributed by atoms with E-state index in [4.69, 9.17) is 0 Å². The van der Waals surface area contributed by atoms with Crippen molar-refractivity contribution in [3.63, 3.8) is 0 Å². The topological polar surface area (TPSA) is 12.0 Å². The van der Waals surface area contributed by atoms with E-state index in [0.717, 1.165) is 11.3 Å². The monoisotopic (exact) mass is 271 g/mol. The number of rotatable bonds is 3. The number of anilines is 1. The van der Waals surface area contributed by atoms with Gasteiger partial charge < -0.3 is 5.32 Å². The third kappa shape index (κ3) is 2.61. The molecule has 0 saturated carbocycles. The Balaban J connectivity index is 1.75. The van der Waals surface area contributed by atoms with Crippen LogP contribution in [0.3, 0.4) is 0 Å². The van der Waals surface area contributed by atoms with Crippen LogP contribution in [0.15, 0.2) is 47.8 Å². The van der Waals surface area contributed by atoms with E-state index in [1.165, 1.54) is 10.1 Å². The summed E-state index contributed by atoms with van der Waals surface area (Å²) in [6.45, 7) is 2.41. The van der Waals surface area contributed by atoms with Crippen molar-refractivity contribution in [3.8, 4) is 0 Å². The minimum atomic E-state index is -0.146. The number of hydrogen-bond donors (Lipinski definition) is 1. The van der Waals surface area contributed by atoms with E-state index in [9.17, 15) is 4.39 Å². The molecule has 0 aliphatic carbocycles. The number of fused-ring (bicyclic) bond motifs is 1. The van der Waals surface area contributed by atoms with Gasteiger partial charge in [-0.2, -0.15) is 0 Å². The molecule has 1 heterocycles. The van der Waals surface area contributed by atoms with Crippen LogP contribution in [0.5, 0.6) is 0 Å². The van der Waals surface area contributed by atoms with Crippen LogP contribution in [0.2, 0.25) is 0 Å². The van der Waals surface area contributed by atoms with Crippen molar-refractivity contribution >= 4 is 27.1 Å². The second kappa shape index (κ2) is 5.02. The zero-order valence-electron chi connectivity index (χ0n) is 10.6. The molecule has 96 valence electrons. The molecular formula is C16H14FNS. The van der Waals surface area contributed by atoms with Gasteiger partial charge in [-0.15, -0.1) is 11.3 Å². The highest BCUT2D eigenvalue weighted by atomic mass is 32.1. The zero-order valence-corrected chi connectivity index (χ0v) is 11.4. The minimum absolute atomic E-state index is 0.146. The smallest absolute Gasteiger partial charge is 0.126 e. The van der Waals surface area contributed by atoms with E-state index >= 15 is 0 Å². The molecule has 3 aromatic rings. The molecule has 0 atom stereocenters. The molecule has 19 heavy (non-hydrogen) atoms. The zero-order chi connectivity index (χ0) is 13.2. The van der Waals surface area contributed by atoms with Crippen LogP contribution in [-0.4, -0.2) is 0 Å². The Morgan fingerprint density at radius 1 is 1.11 bits per heavy atom. The summed E-state index contributed by atoms with van der Waals surface area (Å²) in [6, 6.07) is 13.8. The Morgan fingerprint density at radius 2 is 2.00 bits per heavy atom. The van der Waals surface area contributed by atoms with Gasteiger partial charge in [-0.3, -0.25) is 0 Å². The lowest BCUT2D eigenvalue weighted by Gasteiger charge is -2.07. The number of nitrogens with one attached hydrogen (secondary N) is 1. The SMILES string of the molecule is Cc1ccc(CNc2ccc3sccc3c2)cc1F. The lowest BCUT2D eigenvalue weighted by molar-refractivity contribution is 0.616. The fraction of sp³-hybridized carbons (Fsp3) is 0.125. The average molecular weight is 271 g/mol. The summed E-state index contributed by atoms with van der Waals surface area (Å²) in [5.41, 5.74) is 2.70. The molecule has 1 N–H and O–H groups in total. The Hall–Kier alpha value is -1.87. The first-order valence-electron chi connectivity index (χ1n) is 6.18. The molecule has 0 amide bonds. The van der Waals surface area contributed by atoms with E-state index in [0.29, 0.717) is 12.1 Å². The second-order valence-corrected chi connectivity index (χ2v) is 5.56. The van der Waals surface area contributed by atoms with Gasteiger partial charge in [0.05, 0.1) is 0 Å². The maximum Gasteiger partial charge on any atom is 0.126 e. The molecule has 0 unspecified atom stereocenters. The van der Waals surface area contributed by atoms with Crippen molar-refractivity contribution < 1.29 is 4.39 Å². The summed E-state index contributed by atoms with van der Waals surface area (Å²) in [7, 11) is 0. The first-order valence-corrected chi connectivity index (χ1v) is 7.06. The normalized spacial score (nSPS) is 10.8. The summed E-state index contributed by atoms with van der Waals surface area (Å²) in [6.07, 6.45) is 0. The average Bonchev–Trinajstić information content (AvgIpc) is 2.87. The van der Waals surface area contributed by atoms with E-state index < -0.39 is 0 Å². The Bertz CT molecular complexity index is 718. The predicted octanol–water partition coefficient (Wildman–Crippen LogP) is 4.96. The summed E-state index contributed by atoms with van der Waals surface area (Å²) in [5.74, 6) is -0.146. The Labute approximate surface area is 115 Å². The highest BCUT2D eigenvalue weighted by Gasteiger charge is 2.01. The van der Waals surface area contributed by atoms with E-state index in [1.54, 1.807) is 24.3 Å². The second-order valence-electron chi connectivity index (χ2n) is 4.61. The standard InChI is InChI=1S/C16H14FNS/c1-11-2-3-12(8-15(11)17)10-18-14-4-5-16-13(9-14)6-7-19-16/h2-9,18H,10H2,1H3. The van der Waals surface area contributed by atoms with Gasteiger partial charge in [0.25, 0.3) is 0 Å². The van der Waals surface area contributed by atoms with E-state index in [2.05, 4.69) is 35.0 Å². The largest absolute Gasteiger partial charge is 0.381 e. The van der Waals surface area contributed by atoms with Gasteiger partial charge in [-0.05, 0) is 59.1 Å². The van der Waals surface area contributed by atoms with Crippen LogP contribution in [-0.2, 0) is 6.54 Å². The first-order chi connectivity index (χ1) is 9.22. The number of aryl methyl sites for hydroxylation is 1. The maximum absolute atomic E-state index is 13.4. The third-order valence-corrected chi connectivity index (χ3v) is 4.08. The van der Waals surface area contributed by atoms with Crippen LogP contribution in [0.25, 0.3) is 10.1 Å². The lowest BCUT2D eigenvalue weighted by Crippen LogP contribution is -2.00. The third-order valence-electron chi connectivity index (χ3n) is 3.19. The van der Waals surface area contributed by atoms with E-state index in [-0.39, 0.29) is 5.82 Å². The summed E-state index contributed by atoms with van der Waals surface area (Å²) < 4.78 is 14.7. The van der Waals surface area contributed by atoms with Crippen molar-refractivity contribution in [2.24, 2.45) is 0 Å². The highest BCUT2D eigenvalue weighted by Crippen LogP contribution is 2.24. The molecule has 0 radical (unpaired) electrons. The van der Waals surface area contributed by atoms with Gasteiger partial charge in [-0.1, -0.05) is 12.1 Å². The molecule has 0 fully saturated rings. The molecular weight excluding hydrogens is 257 g/mol.